The van der Waals surface area contributed by atoms with Gasteiger partial charge < -0.3 is 19.3 Å². The molecular weight excluding hydrogens is 475 g/mol. The molecule has 2 saturated carbocycles. The summed E-state index contributed by atoms with van der Waals surface area (Å²) in [6, 6.07) is 1.47. The molecule has 26 heavy (non-hydrogen) atoms. The first-order chi connectivity index (χ1) is 11.2. The molecule has 0 spiro atoms. The molecule has 0 N–H and O–H groups in total. The fourth-order valence-electron chi connectivity index (χ4n) is 3.70. The summed E-state index contributed by atoms with van der Waals surface area (Å²) < 4.78 is 5.95. The Morgan fingerprint density at radius 2 is 1.19 bits per heavy atom. The van der Waals surface area contributed by atoms with Crippen molar-refractivity contribution < 1.29 is 25.3 Å². The summed E-state index contributed by atoms with van der Waals surface area (Å²) in [4.78, 5) is 0. The molecule has 0 saturated heterocycles. The molecular formula is C20H46Cl2OSi2Zr. The van der Waals surface area contributed by atoms with Crippen molar-refractivity contribution in [2.45, 2.75) is 109 Å². The Morgan fingerprint density at radius 3 is 1.54 bits per heavy atom. The van der Waals surface area contributed by atoms with Crippen LogP contribution in [-0.4, -0.2) is 23.0 Å². The Balaban J connectivity index is -0.000000443. The first-order valence-corrected chi connectivity index (χ1v) is 22.9. The van der Waals surface area contributed by atoms with Gasteiger partial charge in [0, 0.05) is 6.61 Å². The molecule has 2 rings (SSSR count). The fraction of sp³-hybridized carbons (Fsp3) is 0.900. The summed E-state index contributed by atoms with van der Waals surface area (Å²) in [5.74, 6) is 0. The van der Waals surface area contributed by atoms with Crippen LogP contribution in [0, 0.1) is 14.9 Å². The molecule has 0 unspecified atom stereocenters. The van der Waals surface area contributed by atoms with Gasteiger partial charge >= 0.3 is 37.9 Å². The van der Waals surface area contributed by atoms with Crippen molar-refractivity contribution in [2.75, 3.05) is 6.61 Å². The summed E-state index contributed by atoms with van der Waals surface area (Å²) >= 11 is -0.826. The normalized spacial score (nSPS) is 16.9. The average molecular weight is 521 g/mol. The molecule has 1 nitrogen and oxygen atoms in total. The Morgan fingerprint density at radius 1 is 0.808 bits per heavy atom. The van der Waals surface area contributed by atoms with Crippen LogP contribution in [0.4, 0.5) is 0 Å². The quantitative estimate of drug-likeness (QED) is 0.193. The fourth-order valence-corrected chi connectivity index (χ4v) is 7.89. The van der Waals surface area contributed by atoms with Crippen LogP contribution >= 0.6 is 17.0 Å². The van der Waals surface area contributed by atoms with Crippen LogP contribution in [0.25, 0.3) is 0 Å². The maximum atomic E-state index is 5.95. The van der Waals surface area contributed by atoms with Crippen molar-refractivity contribution in [1.82, 2.24) is 0 Å². The summed E-state index contributed by atoms with van der Waals surface area (Å²) in [7, 11) is 7.67. The molecule has 6 heteroatoms. The predicted octanol–water partition coefficient (Wildman–Crippen LogP) is 9.11. The van der Waals surface area contributed by atoms with Crippen LogP contribution < -0.4 is 0 Å². The van der Waals surface area contributed by atoms with Gasteiger partial charge in [-0.1, -0.05) is 76.9 Å². The van der Waals surface area contributed by atoms with Gasteiger partial charge in [-0.15, -0.1) is 0 Å². The van der Waals surface area contributed by atoms with E-state index in [-0.39, 0.29) is 14.9 Å². The van der Waals surface area contributed by atoms with Gasteiger partial charge in [0.05, 0.1) is 8.07 Å². The third kappa shape index (κ3) is 19.2. The molecule has 2 aliphatic rings. The van der Waals surface area contributed by atoms with E-state index in [2.05, 4.69) is 32.7 Å². The second-order valence-corrected chi connectivity index (χ2v) is 22.4. The SMILES string of the molecule is C1CCCC1.C[Si](C)(C)OCCC[Si](C)(C)C1CCCC1.[CH3-].[CH3-].[Cl][Zr+2][Cl]. The Hall–Kier alpha value is 1.86. The summed E-state index contributed by atoms with van der Waals surface area (Å²) in [5, 5.41) is 0. The molecule has 158 valence electrons. The number of hydrogen-bond donors (Lipinski definition) is 0. The molecule has 2 aliphatic carbocycles. The zero-order chi connectivity index (χ0) is 18.5. The van der Waals surface area contributed by atoms with Gasteiger partial charge in [0.25, 0.3) is 0 Å². The van der Waals surface area contributed by atoms with Gasteiger partial charge in [0.2, 0.25) is 0 Å². The van der Waals surface area contributed by atoms with Gasteiger partial charge in [-0.2, -0.15) is 0 Å². The maximum absolute atomic E-state index is 5.95. The Bertz CT molecular complexity index is 282. The van der Waals surface area contributed by atoms with Crippen molar-refractivity contribution >= 4 is 33.4 Å². The van der Waals surface area contributed by atoms with Crippen LogP contribution in [0.1, 0.15) is 64.2 Å². The molecule has 0 aromatic rings. The predicted molar refractivity (Wildman–Crippen MR) is 126 cm³/mol. The van der Waals surface area contributed by atoms with E-state index in [1.165, 1.54) is 70.3 Å². The Kier molecular flexibility index (Phi) is 23.6. The van der Waals surface area contributed by atoms with Crippen molar-refractivity contribution in [1.29, 1.82) is 0 Å². The molecule has 0 aliphatic heterocycles. The van der Waals surface area contributed by atoms with Crippen molar-refractivity contribution in [2.24, 2.45) is 0 Å². The molecule has 0 aromatic carbocycles. The van der Waals surface area contributed by atoms with Crippen LogP contribution in [0.5, 0.6) is 0 Å². The van der Waals surface area contributed by atoms with E-state index in [4.69, 9.17) is 21.5 Å². The second-order valence-electron chi connectivity index (χ2n) is 8.87. The van der Waals surface area contributed by atoms with E-state index >= 15 is 0 Å². The molecule has 0 bridgehead atoms. The van der Waals surface area contributed by atoms with Crippen molar-refractivity contribution in [3.8, 4) is 0 Å². The van der Waals surface area contributed by atoms with Gasteiger partial charge in [0.15, 0.2) is 8.32 Å². The molecule has 0 aromatic heterocycles. The third-order valence-corrected chi connectivity index (χ3v) is 10.7. The summed E-state index contributed by atoms with van der Waals surface area (Å²) in [6.07, 6.45) is 14.8. The van der Waals surface area contributed by atoms with E-state index in [9.17, 15) is 0 Å². The van der Waals surface area contributed by atoms with E-state index in [0.717, 1.165) is 12.1 Å². The molecule has 0 amide bonds. The number of halogens is 2. The first-order valence-electron chi connectivity index (χ1n) is 9.83. The second kappa shape index (κ2) is 18.9. The molecule has 2 fully saturated rings. The zero-order valence-electron chi connectivity index (χ0n) is 18.7. The first kappa shape index (κ1) is 32.5. The minimum absolute atomic E-state index is 0. The van der Waals surface area contributed by atoms with Crippen LogP contribution in [0.2, 0.25) is 44.3 Å². The molecule has 0 heterocycles. The molecule has 0 radical (unpaired) electrons. The van der Waals surface area contributed by atoms with Crippen molar-refractivity contribution in [3.05, 3.63) is 14.9 Å². The van der Waals surface area contributed by atoms with E-state index in [1.54, 1.807) is 0 Å². The average Bonchev–Trinajstić information content (AvgIpc) is 3.18. The van der Waals surface area contributed by atoms with Gasteiger partial charge in [-0.05, 0) is 31.6 Å². The van der Waals surface area contributed by atoms with Crippen LogP contribution in [0.3, 0.4) is 0 Å². The van der Waals surface area contributed by atoms with Gasteiger partial charge in [-0.3, -0.25) is 0 Å². The summed E-state index contributed by atoms with van der Waals surface area (Å²) in [6.45, 7) is 13.1. The van der Waals surface area contributed by atoms with Crippen LogP contribution in [-0.2, 0) is 25.3 Å². The third-order valence-electron chi connectivity index (χ3n) is 5.21. The van der Waals surface area contributed by atoms with E-state index < -0.39 is 37.2 Å². The number of hydrogen-bond acceptors (Lipinski definition) is 1. The summed E-state index contributed by atoms with van der Waals surface area (Å²) in [5.41, 5.74) is 1.11. The number of rotatable bonds is 6. The topological polar surface area (TPSA) is 9.23 Å². The van der Waals surface area contributed by atoms with Crippen LogP contribution in [0.15, 0.2) is 0 Å². The van der Waals surface area contributed by atoms with Gasteiger partial charge in [0.1, 0.15) is 0 Å². The Labute approximate surface area is 187 Å². The van der Waals surface area contributed by atoms with Crippen molar-refractivity contribution in [3.63, 3.8) is 0 Å². The standard InChI is InChI=1S/C13H30OSi2.C5H10.2CH3.2ClH.Zr/c1-15(2,3)14-11-8-12-16(4,5)13-9-6-7-10-13;1-2-4-5-3-1;;;;;/h13H,6-12H2,1-5H3;1-5H2;2*1H3;2*1H;/q;;2*-1;;;+4/p-2. The van der Waals surface area contributed by atoms with Gasteiger partial charge in [-0.25, -0.2) is 0 Å². The minimum atomic E-state index is -1.27. The van der Waals surface area contributed by atoms with E-state index in [1.807, 2.05) is 0 Å². The molecule has 0 atom stereocenters. The monoisotopic (exact) mass is 518 g/mol. The zero-order valence-corrected chi connectivity index (χ0v) is 24.7. The van der Waals surface area contributed by atoms with E-state index in [0.29, 0.717) is 0 Å².